The fourth-order valence-corrected chi connectivity index (χ4v) is 10.2. The third-order valence-electron chi connectivity index (χ3n) is 11.6. The number of primary amides is 2. The number of hydrogen-bond donors (Lipinski definition) is 11. The molecule has 2 heterocycles. The van der Waals surface area contributed by atoms with Gasteiger partial charge in [0.25, 0.3) is 0 Å². The van der Waals surface area contributed by atoms with Crippen molar-refractivity contribution in [2.24, 2.45) is 29.0 Å². The molecule has 2 unspecified atom stereocenters. The molecule has 22 nitrogen and oxygen atoms in total. The van der Waals surface area contributed by atoms with Crippen LogP contribution in [0.4, 0.5) is 0 Å². The van der Waals surface area contributed by atoms with Crippen LogP contribution < -0.4 is 54.4 Å². The predicted octanol–water partition coefficient (Wildman–Crippen LogP) is -2.42. The van der Waals surface area contributed by atoms with Gasteiger partial charge in [-0.2, -0.15) is 0 Å². The Balaban J connectivity index is 2.08. The normalized spacial score (nSPS) is 25.8. The van der Waals surface area contributed by atoms with E-state index in [1.54, 1.807) is 58.0 Å². The molecule has 2 saturated heterocycles. The molecule has 0 aromatic heterocycles. The standard InChI is InChI=1S/C44H69N11O11S2/c1-8-23(4)33-40(63)54-34(24(5)56)41(64)50-28(19-31(45)57)37(60)52-29(43(66)55-16-12-15-30(55)39(62)49-26(17-22(2)3)36(59)48-20-32(46)58)21-67-68-44(6,7)35(47)42(65)51-27(38(61)53-33)18-25-13-10-9-11-14-25/h9-11,13-14,22-24,26-30,33-35,56H,8,12,15-21,47H2,1-7H3,(H2,45,57)(H2,46,58)(H,48,59)(H,49,62)(H,50,64)(H,51,65)(H,52,60)(H,53,61)(H,54,63)/t23-,24+,26-,27-,28-,29-,30+,33?,34?,35-/m0/s1. The molecule has 68 heavy (non-hydrogen) atoms. The Morgan fingerprint density at radius 3 is 2.03 bits per heavy atom. The van der Waals surface area contributed by atoms with E-state index < -0.39 is 137 Å². The largest absolute Gasteiger partial charge is 0.391 e. The van der Waals surface area contributed by atoms with Crippen LogP contribution in [0.15, 0.2) is 30.3 Å². The Morgan fingerprint density at radius 1 is 0.838 bits per heavy atom. The monoisotopic (exact) mass is 991 g/mol. The average molecular weight is 992 g/mol. The van der Waals surface area contributed by atoms with Gasteiger partial charge >= 0.3 is 0 Å². The molecular formula is C44H69N11O11S2. The van der Waals surface area contributed by atoms with Crippen molar-refractivity contribution in [3.63, 3.8) is 0 Å². The number of carbonyl (C=O) groups is 10. The van der Waals surface area contributed by atoms with Gasteiger partial charge in [0.15, 0.2) is 0 Å². The summed E-state index contributed by atoms with van der Waals surface area (Å²) in [5, 5.41) is 28.7. The lowest BCUT2D eigenvalue weighted by molar-refractivity contribution is -0.142. The van der Waals surface area contributed by atoms with Crippen LogP contribution in [0.3, 0.4) is 0 Å². The van der Waals surface area contributed by atoms with Crippen molar-refractivity contribution in [2.45, 2.75) is 146 Å². The fourth-order valence-electron chi connectivity index (χ4n) is 7.44. The van der Waals surface area contributed by atoms with Crippen LogP contribution in [-0.2, 0) is 54.4 Å². The lowest BCUT2D eigenvalue weighted by atomic mass is 9.96. The van der Waals surface area contributed by atoms with Crippen LogP contribution in [-0.4, -0.2) is 147 Å². The van der Waals surface area contributed by atoms with Crippen LogP contribution in [0.2, 0.25) is 0 Å². The number of rotatable bonds is 15. The minimum atomic E-state index is -1.75. The third-order valence-corrected chi connectivity index (χ3v) is 14.9. The Bertz CT molecular complexity index is 1990. The number of nitrogens with zero attached hydrogens (tertiary/aromatic N) is 1. The molecule has 2 aliphatic heterocycles. The van der Waals surface area contributed by atoms with Gasteiger partial charge in [-0.05, 0) is 57.4 Å². The summed E-state index contributed by atoms with van der Waals surface area (Å²) in [6.07, 6.45) is -1.27. The van der Waals surface area contributed by atoms with Gasteiger partial charge in [-0.3, -0.25) is 47.9 Å². The van der Waals surface area contributed by atoms with Crippen LogP contribution in [0.25, 0.3) is 0 Å². The lowest BCUT2D eigenvalue weighted by Crippen LogP contribution is -2.63. The van der Waals surface area contributed by atoms with Gasteiger partial charge in [0, 0.05) is 23.5 Å². The summed E-state index contributed by atoms with van der Waals surface area (Å²) < 4.78 is -1.12. The molecule has 2 fully saturated rings. The number of aliphatic hydroxyl groups excluding tert-OH is 1. The number of amides is 10. The molecule has 0 spiro atoms. The number of benzene rings is 1. The van der Waals surface area contributed by atoms with Crippen LogP contribution in [0.1, 0.15) is 86.1 Å². The summed E-state index contributed by atoms with van der Waals surface area (Å²) in [5.74, 6) is -9.24. The first-order valence-electron chi connectivity index (χ1n) is 22.6. The summed E-state index contributed by atoms with van der Waals surface area (Å²) in [6.45, 7) is 11.2. The average Bonchev–Trinajstić information content (AvgIpc) is 3.77. The highest BCUT2D eigenvalue weighted by Crippen LogP contribution is 2.38. The van der Waals surface area contributed by atoms with Gasteiger partial charge in [-0.15, -0.1) is 0 Å². The first kappa shape index (κ1) is 56.9. The van der Waals surface area contributed by atoms with E-state index in [-0.39, 0.29) is 37.5 Å². The van der Waals surface area contributed by atoms with E-state index in [0.717, 1.165) is 21.6 Å². The number of carbonyl (C=O) groups excluding carboxylic acids is 10. The van der Waals surface area contributed by atoms with E-state index in [1.807, 2.05) is 13.8 Å². The summed E-state index contributed by atoms with van der Waals surface area (Å²) in [7, 11) is 2.14. The van der Waals surface area contributed by atoms with Crippen molar-refractivity contribution in [1.82, 2.24) is 42.1 Å². The highest BCUT2D eigenvalue weighted by atomic mass is 33.1. The highest BCUT2D eigenvalue weighted by Gasteiger charge is 2.42. The van der Waals surface area contributed by atoms with Crippen LogP contribution >= 0.6 is 21.6 Å². The van der Waals surface area contributed by atoms with E-state index in [1.165, 1.54) is 11.8 Å². The van der Waals surface area contributed by atoms with Gasteiger partial charge in [-0.25, -0.2) is 0 Å². The first-order valence-corrected chi connectivity index (χ1v) is 24.9. The second kappa shape index (κ2) is 26.3. The molecule has 1 aromatic rings. The number of nitrogens with two attached hydrogens (primary N) is 3. The van der Waals surface area contributed by atoms with Crippen molar-refractivity contribution in [1.29, 1.82) is 0 Å². The first-order chi connectivity index (χ1) is 31.9. The summed E-state index contributed by atoms with van der Waals surface area (Å²) in [6, 6.07) is -2.15. The molecular weight excluding hydrogens is 923 g/mol. The van der Waals surface area contributed by atoms with Crippen molar-refractivity contribution in [3.8, 4) is 0 Å². The molecule has 0 radical (unpaired) electrons. The summed E-state index contributed by atoms with van der Waals surface area (Å²) in [5.41, 5.74) is 18.0. The number of nitrogens with one attached hydrogen (secondary N) is 7. The number of likely N-dealkylation sites (tertiary alicyclic amines) is 1. The minimum Gasteiger partial charge on any atom is -0.391 e. The van der Waals surface area contributed by atoms with Gasteiger partial charge in [-0.1, -0.05) is 86.0 Å². The van der Waals surface area contributed by atoms with E-state index in [4.69, 9.17) is 17.2 Å². The predicted molar refractivity (Wildman–Crippen MR) is 255 cm³/mol. The molecule has 10 amide bonds. The fraction of sp³-hybridized carbons (Fsp3) is 0.636. The van der Waals surface area contributed by atoms with Crippen molar-refractivity contribution >= 4 is 80.7 Å². The van der Waals surface area contributed by atoms with Crippen molar-refractivity contribution in [2.75, 3.05) is 18.8 Å². The second-order valence-electron chi connectivity index (χ2n) is 18.2. The molecule has 24 heteroatoms. The Morgan fingerprint density at radius 2 is 1.44 bits per heavy atom. The van der Waals surface area contributed by atoms with E-state index >= 15 is 0 Å². The number of hydrogen-bond acceptors (Lipinski definition) is 14. The van der Waals surface area contributed by atoms with E-state index in [9.17, 15) is 53.1 Å². The molecule has 378 valence electrons. The highest BCUT2D eigenvalue weighted by molar-refractivity contribution is 8.77. The Hall–Kier alpha value is -5.46. The molecule has 14 N–H and O–H groups in total. The molecule has 0 aliphatic carbocycles. The van der Waals surface area contributed by atoms with Crippen molar-refractivity contribution in [3.05, 3.63) is 35.9 Å². The summed E-state index contributed by atoms with van der Waals surface area (Å²) in [4.78, 5) is 137. The van der Waals surface area contributed by atoms with Crippen LogP contribution in [0.5, 0.6) is 0 Å². The van der Waals surface area contributed by atoms with Crippen LogP contribution in [0, 0.1) is 11.8 Å². The third kappa shape index (κ3) is 16.9. The zero-order valence-corrected chi connectivity index (χ0v) is 41.3. The number of aliphatic hydroxyl groups is 1. The zero-order chi connectivity index (χ0) is 51.0. The maximum absolute atomic E-state index is 14.6. The maximum Gasteiger partial charge on any atom is 0.246 e. The van der Waals surface area contributed by atoms with Gasteiger partial charge in [0.1, 0.15) is 42.3 Å². The second-order valence-corrected chi connectivity index (χ2v) is 21.2. The van der Waals surface area contributed by atoms with Crippen molar-refractivity contribution < 1.29 is 53.1 Å². The molecule has 0 saturated carbocycles. The zero-order valence-electron chi connectivity index (χ0n) is 39.6. The minimum absolute atomic E-state index is 0.00212. The lowest BCUT2D eigenvalue weighted by Gasteiger charge is -2.33. The maximum atomic E-state index is 14.6. The Labute approximate surface area is 404 Å². The molecule has 2 aliphatic rings. The van der Waals surface area contributed by atoms with E-state index in [2.05, 4.69) is 37.2 Å². The smallest absolute Gasteiger partial charge is 0.246 e. The molecule has 1 aromatic carbocycles. The molecule has 10 atom stereocenters. The molecule has 3 rings (SSSR count). The van der Waals surface area contributed by atoms with Gasteiger partial charge in [0.05, 0.1) is 25.1 Å². The summed E-state index contributed by atoms with van der Waals surface area (Å²) >= 11 is 0. The molecule has 0 bridgehead atoms. The quantitative estimate of drug-likeness (QED) is 0.0816. The topological polar surface area (TPSA) is 356 Å². The Kier molecular flexibility index (Phi) is 22.0. The van der Waals surface area contributed by atoms with Gasteiger partial charge in [0.2, 0.25) is 59.1 Å². The SMILES string of the molecule is CC[C@H](C)C1NC(=O)[C@H](Cc2ccccc2)NC(=O)[C@H](N)C(C)(C)SSC[C@@H](C(=O)N2CCC[C@@H]2C(=O)N[C@@H](CC(C)C)C(=O)NCC(N)=O)NC(=O)[C@H](CC(N)=O)NC(=O)C([C@@H](C)O)NC1=O. The van der Waals surface area contributed by atoms with E-state index in [0.29, 0.717) is 18.4 Å². The van der Waals surface area contributed by atoms with Gasteiger partial charge < -0.3 is 64.4 Å².